The Labute approximate surface area is 134 Å². The molecular weight excluding hydrogens is 308 g/mol. The Kier molecular flexibility index (Phi) is 5.40. The molecule has 2 aromatic rings. The van der Waals surface area contributed by atoms with Crippen molar-refractivity contribution in [3.63, 3.8) is 0 Å². The van der Waals surface area contributed by atoms with Gasteiger partial charge in [0.2, 0.25) is 0 Å². The maximum atomic E-state index is 6.20. The first-order valence-electron chi connectivity index (χ1n) is 6.51. The van der Waals surface area contributed by atoms with E-state index < -0.39 is 0 Å². The predicted molar refractivity (Wildman–Crippen MR) is 92.9 cm³/mol. The Morgan fingerprint density at radius 1 is 1.40 bits per heavy atom. The molecule has 1 aromatic carbocycles. The van der Waals surface area contributed by atoms with Crippen molar-refractivity contribution in [3.8, 4) is 0 Å². The molecule has 0 bridgehead atoms. The van der Waals surface area contributed by atoms with Crippen molar-refractivity contribution < 1.29 is 0 Å². The maximum Gasteiger partial charge on any atom is 0.107 e. The standard InChI is InChI=1S/C15H17ClN2S2/c1-2-5-11(13-8-4-9-20-13)18-12-7-3-6-10(16)14(12)15(17)19/h3-4,6-9,11,18H,2,5H2,1H3,(H2,17,19). The van der Waals surface area contributed by atoms with E-state index in [9.17, 15) is 0 Å². The summed E-state index contributed by atoms with van der Waals surface area (Å²) < 4.78 is 0. The summed E-state index contributed by atoms with van der Waals surface area (Å²) in [7, 11) is 0. The summed E-state index contributed by atoms with van der Waals surface area (Å²) in [4.78, 5) is 1.63. The molecule has 1 heterocycles. The minimum atomic E-state index is 0.256. The molecule has 1 aromatic heterocycles. The number of benzene rings is 1. The number of nitrogens with two attached hydrogens (primary N) is 1. The summed E-state index contributed by atoms with van der Waals surface area (Å²) in [5.74, 6) is 0. The van der Waals surface area contributed by atoms with Crippen LogP contribution >= 0.6 is 35.2 Å². The van der Waals surface area contributed by atoms with E-state index in [1.165, 1.54) is 4.88 Å². The van der Waals surface area contributed by atoms with E-state index in [-0.39, 0.29) is 6.04 Å². The third-order valence-corrected chi connectivity index (χ3v) is 4.56. The van der Waals surface area contributed by atoms with E-state index >= 15 is 0 Å². The average Bonchev–Trinajstić information content (AvgIpc) is 2.91. The number of thiophene rings is 1. The Morgan fingerprint density at radius 2 is 2.20 bits per heavy atom. The molecule has 0 amide bonds. The molecule has 0 aliphatic rings. The SMILES string of the molecule is CCCC(Nc1cccc(Cl)c1C(N)=S)c1cccs1. The fourth-order valence-electron chi connectivity index (χ4n) is 2.15. The summed E-state index contributed by atoms with van der Waals surface area (Å²) in [6.07, 6.45) is 2.14. The fraction of sp³-hybridized carbons (Fsp3) is 0.267. The van der Waals surface area contributed by atoms with Gasteiger partial charge in [-0.3, -0.25) is 0 Å². The zero-order valence-corrected chi connectivity index (χ0v) is 13.6. The van der Waals surface area contributed by atoms with Gasteiger partial charge in [-0.1, -0.05) is 49.3 Å². The Balaban J connectivity index is 2.32. The first kappa shape index (κ1) is 15.3. The number of thiocarbonyl (C=S) groups is 1. The van der Waals surface area contributed by atoms with Crippen LogP contribution in [0.3, 0.4) is 0 Å². The second-order valence-electron chi connectivity index (χ2n) is 4.53. The lowest BCUT2D eigenvalue weighted by Crippen LogP contribution is -2.16. The highest BCUT2D eigenvalue weighted by Gasteiger charge is 2.16. The highest BCUT2D eigenvalue weighted by molar-refractivity contribution is 7.80. The summed E-state index contributed by atoms with van der Waals surface area (Å²) >= 11 is 13.1. The molecule has 0 saturated carbocycles. The van der Waals surface area contributed by atoms with E-state index in [4.69, 9.17) is 29.6 Å². The Morgan fingerprint density at radius 3 is 2.80 bits per heavy atom. The molecule has 3 N–H and O–H groups in total. The van der Waals surface area contributed by atoms with Crippen LogP contribution in [-0.2, 0) is 0 Å². The Hall–Kier alpha value is -1.10. The maximum absolute atomic E-state index is 6.20. The van der Waals surface area contributed by atoms with Crippen molar-refractivity contribution in [3.05, 3.63) is 51.2 Å². The van der Waals surface area contributed by atoms with Crippen molar-refractivity contribution >= 4 is 45.8 Å². The zero-order chi connectivity index (χ0) is 14.5. The smallest absolute Gasteiger partial charge is 0.107 e. The minimum absolute atomic E-state index is 0.256. The highest BCUT2D eigenvalue weighted by Crippen LogP contribution is 2.31. The van der Waals surface area contributed by atoms with E-state index in [0.29, 0.717) is 10.0 Å². The number of nitrogens with one attached hydrogen (secondary N) is 1. The van der Waals surface area contributed by atoms with Crippen molar-refractivity contribution in [2.45, 2.75) is 25.8 Å². The van der Waals surface area contributed by atoms with Gasteiger partial charge in [-0.2, -0.15) is 0 Å². The van der Waals surface area contributed by atoms with Crippen molar-refractivity contribution in [1.82, 2.24) is 0 Å². The number of hydrogen-bond donors (Lipinski definition) is 2. The highest BCUT2D eigenvalue weighted by atomic mass is 35.5. The Bertz CT molecular complexity index is 582. The van der Waals surface area contributed by atoms with E-state index in [0.717, 1.165) is 24.1 Å². The lowest BCUT2D eigenvalue weighted by Gasteiger charge is -2.20. The van der Waals surface area contributed by atoms with Gasteiger partial charge in [-0.15, -0.1) is 11.3 Å². The quantitative estimate of drug-likeness (QED) is 0.735. The molecule has 0 saturated heterocycles. The van der Waals surface area contributed by atoms with Crippen LogP contribution in [0.15, 0.2) is 35.7 Å². The zero-order valence-electron chi connectivity index (χ0n) is 11.2. The molecule has 20 heavy (non-hydrogen) atoms. The van der Waals surface area contributed by atoms with Gasteiger partial charge in [0.15, 0.2) is 0 Å². The predicted octanol–water partition coefficient (Wildman–Crippen LogP) is 4.99. The molecule has 0 fully saturated rings. The van der Waals surface area contributed by atoms with Gasteiger partial charge >= 0.3 is 0 Å². The van der Waals surface area contributed by atoms with Crippen LogP contribution in [-0.4, -0.2) is 4.99 Å². The number of rotatable bonds is 6. The van der Waals surface area contributed by atoms with Crippen LogP contribution in [0.1, 0.15) is 36.2 Å². The first-order chi connectivity index (χ1) is 9.63. The van der Waals surface area contributed by atoms with Crippen molar-refractivity contribution in [2.24, 2.45) is 5.73 Å². The van der Waals surface area contributed by atoms with Crippen molar-refractivity contribution in [2.75, 3.05) is 5.32 Å². The molecule has 1 atom stereocenters. The van der Waals surface area contributed by atoms with E-state index in [2.05, 4.69) is 29.8 Å². The average molecular weight is 325 g/mol. The molecule has 1 unspecified atom stereocenters. The summed E-state index contributed by atoms with van der Waals surface area (Å²) in [6, 6.07) is 10.1. The van der Waals surface area contributed by atoms with Crippen LogP contribution in [0, 0.1) is 0 Å². The van der Waals surface area contributed by atoms with Gasteiger partial charge in [0.1, 0.15) is 4.99 Å². The van der Waals surface area contributed by atoms with E-state index in [1.54, 1.807) is 17.4 Å². The number of halogens is 1. The first-order valence-corrected chi connectivity index (χ1v) is 8.18. The van der Waals surface area contributed by atoms with Gasteiger partial charge in [0.05, 0.1) is 16.6 Å². The molecule has 2 nitrogen and oxygen atoms in total. The van der Waals surface area contributed by atoms with Gasteiger partial charge in [-0.05, 0) is 30.0 Å². The van der Waals surface area contributed by atoms with Crippen LogP contribution in [0.5, 0.6) is 0 Å². The lowest BCUT2D eigenvalue weighted by molar-refractivity contribution is 0.687. The fourth-order valence-corrected chi connectivity index (χ4v) is 3.51. The van der Waals surface area contributed by atoms with Crippen molar-refractivity contribution in [1.29, 1.82) is 0 Å². The van der Waals surface area contributed by atoms with E-state index in [1.807, 2.05) is 12.1 Å². The van der Waals surface area contributed by atoms with Gasteiger partial charge in [0.25, 0.3) is 0 Å². The molecule has 2 rings (SSSR count). The summed E-state index contributed by atoms with van der Waals surface area (Å²) in [5, 5.41) is 6.21. The lowest BCUT2D eigenvalue weighted by atomic mass is 10.1. The largest absolute Gasteiger partial charge is 0.389 e. The van der Waals surface area contributed by atoms with Crippen LogP contribution in [0.4, 0.5) is 5.69 Å². The second kappa shape index (κ2) is 7.07. The van der Waals surface area contributed by atoms with Crippen LogP contribution in [0.25, 0.3) is 0 Å². The number of anilines is 1. The van der Waals surface area contributed by atoms with Gasteiger partial charge in [-0.25, -0.2) is 0 Å². The molecular formula is C15H17ClN2S2. The molecule has 0 aliphatic heterocycles. The topological polar surface area (TPSA) is 38.0 Å². The molecule has 106 valence electrons. The molecule has 0 radical (unpaired) electrons. The molecule has 5 heteroatoms. The third-order valence-electron chi connectivity index (χ3n) is 3.05. The molecule has 0 spiro atoms. The molecule has 0 aliphatic carbocycles. The summed E-state index contributed by atoms with van der Waals surface area (Å²) in [6.45, 7) is 2.18. The number of hydrogen-bond acceptors (Lipinski definition) is 3. The van der Waals surface area contributed by atoms with Crippen LogP contribution < -0.4 is 11.1 Å². The normalized spacial score (nSPS) is 12.1. The summed E-state index contributed by atoms with van der Waals surface area (Å²) in [5.41, 5.74) is 7.42. The monoisotopic (exact) mass is 324 g/mol. The minimum Gasteiger partial charge on any atom is -0.389 e. The van der Waals surface area contributed by atoms with Gasteiger partial charge < -0.3 is 11.1 Å². The van der Waals surface area contributed by atoms with Gasteiger partial charge in [0, 0.05) is 10.6 Å². The second-order valence-corrected chi connectivity index (χ2v) is 6.35. The third kappa shape index (κ3) is 3.51. The van der Waals surface area contributed by atoms with Crippen LogP contribution in [0.2, 0.25) is 5.02 Å².